The van der Waals surface area contributed by atoms with E-state index < -0.39 is 0 Å². The van der Waals surface area contributed by atoms with Crippen molar-refractivity contribution in [1.29, 1.82) is 0 Å². The molecule has 0 bridgehead atoms. The Morgan fingerprint density at radius 3 is 2.39 bits per heavy atom. The quantitative estimate of drug-likeness (QED) is 0.772. The van der Waals surface area contributed by atoms with E-state index in [0.29, 0.717) is 0 Å². The average Bonchev–Trinajstić information content (AvgIpc) is 2.93. The molecule has 1 aliphatic heterocycles. The van der Waals surface area contributed by atoms with Crippen LogP contribution in [0.3, 0.4) is 0 Å². The van der Waals surface area contributed by atoms with Crippen LogP contribution in [0, 0.1) is 0 Å². The van der Waals surface area contributed by atoms with Gasteiger partial charge < -0.3 is 10.6 Å². The zero-order chi connectivity index (χ0) is 12.8. The highest BCUT2D eigenvalue weighted by molar-refractivity contribution is 5.48. The smallest absolute Gasteiger partial charge is 0.0366 e. The Morgan fingerprint density at radius 2 is 1.78 bits per heavy atom. The summed E-state index contributed by atoms with van der Waals surface area (Å²) in [7, 11) is 0. The van der Waals surface area contributed by atoms with Crippen molar-refractivity contribution in [1.82, 2.24) is 0 Å². The molecule has 0 aliphatic carbocycles. The molecule has 0 saturated carbocycles. The standard InChI is InChI=1S/C16H26N2/c1-2-3-4-7-16(17)14-8-10-15(11-9-14)18-12-5-6-13-18/h8-11,16H,2-7,12-13,17H2,1H3/t16-/m1/s1. The summed E-state index contributed by atoms with van der Waals surface area (Å²) in [6.45, 7) is 4.65. The lowest BCUT2D eigenvalue weighted by molar-refractivity contribution is 0.581. The molecule has 100 valence electrons. The lowest BCUT2D eigenvalue weighted by atomic mass is 10.0. The molecule has 1 atom stereocenters. The second-order valence-corrected chi connectivity index (χ2v) is 5.39. The summed E-state index contributed by atoms with van der Waals surface area (Å²) in [6.07, 6.45) is 7.57. The topological polar surface area (TPSA) is 29.3 Å². The van der Waals surface area contributed by atoms with Gasteiger partial charge in [-0.2, -0.15) is 0 Å². The number of benzene rings is 1. The van der Waals surface area contributed by atoms with Crippen molar-refractivity contribution >= 4 is 5.69 Å². The summed E-state index contributed by atoms with van der Waals surface area (Å²) in [5.74, 6) is 0. The Balaban J connectivity index is 1.89. The van der Waals surface area contributed by atoms with Gasteiger partial charge in [0.25, 0.3) is 0 Å². The summed E-state index contributed by atoms with van der Waals surface area (Å²) < 4.78 is 0. The van der Waals surface area contributed by atoms with Crippen LogP contribution in [0.2, 0.25) is 0 Å². The first-order valence-electron chi connectivity index (χ1n) is 7.41. The molecule has 2 rings (SSSR count). The van der Waals surface area contributed by atoms with E-state index in [-0.39, 0.29) is 6.04 Å². The second-order valence-electron chi connectivity index (χ2n) is 5.39. The lowest BCUT2D eigenvalue weighted by Crippen LogP contribution is -2.17. The van der Waals surface area contributed by atoms with Crippen LogP contribution >= 0.6 is 0 Å². The van der Waals surface area contributed by atoms with Crippen LogP contribution in [-0.4, -0.2) is 13.1 Å². The third-order valence-corrected chi connectivity index (χ3v) is 3.91. The van der Waals surface area contributed by atoms with Crippen molar-refractivity contribution in [2.24, 2.45) is 5.73 Å². The summed E-state index contributed by atoms with van der Waals surface area (Å²) in [5, 5.41) is 0. The Bertz CT molecular complexity index is 339. The van der Waals surface area contributed by atoms with Crippen molar-refractivity contribution in [3.05, 3.63) is 29.8 Å². The number of hydrogen-bond acceptors (Lipinski definition) is 2. The van der Waals surface area contributed by atoms with Crippen molar-refractivity contribution in [3.63, 3.8) is 0 Å². The van der Waals surface area contributed by atoms with Gasteiger partial charge >= 0.3 is 0 Å². The van der Waals surface area contributed by atoms with Crippen molar-refractivity contribution in [2.75, 3.05) is 18.0 Å². The Morgan fingerprint density at radius 1 is 1.11 bits per heavy atom. The van der Waals surface area contributed by atoms with Crippen LogP contribution in [0.15, 0.2) is 24.3 Å². The first kappa shape index (κ1) is 13.4. The molecule has 2 heteroatoms. The van der Waals surface area contributed by atoms with Gasteiger partial charge in [0.1, 0.15) is 0 Å². The molecule has 0 unspecified atom stereocenters. The summed E-state index contributed by atoms with van der Waals surface area (Å²) >= 11 is 0. The largest absolute Gasteiger partial charge is 0.372 e. The van der Waals surface area contributed by atoms with E-state index in [9.17, 15) is 0 Å². The number of nitrogens with two attached hydrogens (primary N) is 1. The maximum atomic E-state index is 6.23. The SMILES string of the molecule is CCCCC[C@@H](N)c1ccc(N2CCCC2)cc1. The molecule has 1 aromatic carbocycles. The summed E-state index contributed by atoms with van der Waals surface area (Å²) in [5.41, 5.74) is 8.87. The van der Waals surface area contributed by atoms with Crippen LogP contribution in [-0.2, 0) is 0 Å². The van der Waals surface area contributed by atoms with E-state index >= 15 is 0 Å². The molecule has 2 N–H and O–H groups in total. The van der Waals surface area contributed by atoms with E-state index in [2.05, 4.69) is 36.1 Å². The second kappa shape index (κ2) is 6.79. The third-order valence-electron chi connectivity index (χ3n) is 3.91. The van der Waals surface area contributed by atoms with Gasteiger partial charge in [-0.3, -0.25) is 0 Å². The molecule has 0 aromatic heterocycles. The van der Waals surface area contributed by atoms with Gasteiger partial charge in [-0.05, 0) is 37.0 Å². The highest BCUT2D eigenvalue weighted by Crippen LogP contribution is 2.23. The van der Waals surface area contributed by atoms with Crippen molar-refractivity contribution in [3.8, 4) is 0 Å². The summed E-state index contributed by atoms with van der Waals surface area (Å²) in [4.78, 5) is 2.46. The monoisotopic (exact) mass is 246 g/mol. The molecule has 1 aromatic rings. The van der Waals surface area contributed by atoms with Gasteiger partial charge in [-0.15, -0.1) is 0 Å². The zero-order valence-electron chi connectivity index (χ0n) is 11.6. The van der Waals surface area contributed by atoms with Gasteiger partial charge in [0.05, 0.1) is 0 Å². The molecule has 0 radical (unpaired) electrons. The Hall–Kier alpha value is -1.02. The number of hydrogen-bond donors (Lipinski definition) is 1. The lowest BCUT2D eigenvalue weighted by Gasteiger charge is -2.19. The fourth-order valence-corrected chi connectivity index (χ4v) is 2.69. The maximum Gasteiger partial charge on any atom is 0.0366 e. The molecule has 1 heterocycles. The number of unbranched alkanes of at least 4 members (excludes halogenated alkanes) is 2. The number of anilines is 1. The minimum atomic E-state index is 0.212. The number of rotatable bonds is 6. The highest BCUT2D eigenvalue weighted by Gasteiger charge is 2.12. The molecule has 1 saturated heterocycles. The maximum absolute atomic E-state index is 6.23. The Labute approximate surface area is 111 Å². The van der Waals surface area contributed by atoms with Gasteiger partial charge in [0.15, 0.2) is 0 Å². The molecule has 18 heavy (non-hydrogen) atoms. The minimum Gasteiger partial charge on any atom is -0.372 e. The van der Waals surface area contributed by atoms with Crippen LogP contribution < -0.4 is 10.6 Å². The third kappa shape index (κ3) is 3.49. The van der Waals surface area contributed by atoms with E-state index in [1.807, 2.05) is 0 Å². The molecule has 0 amide bonds. The highest BCUT2D eigenvalue weighted by atomic mass is 15.1. The fourth-order valence-electron chi connectivity index (χ4n) is 2.69. The Kier molecular flexibility index (Phi) is 5.06. The fraction of sp³-hybridized carbons (Fsp3) is 0.625. The van der Waals surface area contributed by atoms with Gasteiger partial charge in [0.2, 0.25) is 0 Å². The van der Waals surface area contributed by atoms with E-state index in [1.54, 1.807) is 0 Å². The molecule has 1 aliphatic rings. The van der Waals surface area contributed by atoms with E-state index in [0.717, 1.165) is 6.42 Å². The first-order valence-corrected chi connectivity index (χ1v) is 7.41. The van der Waals surface area contributed by atoms with Crippen LogP contribution in [0.1, 0.15) is 57.1 Å². The predicted molar refractivity (Wildman–Crippen MR) is 79.0 cm³/mol. The van der Waals surface area contributed by atoms with Crippen LogP contribution in [0.4, 0.5) is 5.69 Å². The molecular formula is C16H26N2. The van der Waals surface area contributed by atoms with Gasteiger partial charge in [0, 0.05) is 24.8 Å². The predicted octanol–water partition coefficient (Wildman–Crippen LogP) is 3.87. The number of nitrogens with zero attached hydrogens (tertiary/aromatic N) is 1. The van der Waals surface area contributed by atoms with Crippen molar-refractivity contribution in [2.45, 2.75) is 51.5 Å². The minimum absolute atomic E-state index is 0.212. The molecule has 1 fully saturated rings. The molecule has 0 spiro atoms. The van der Waals surface area contributed by atoms with Crippen LogP contribution in [0.5, 0.6) is 0 Å². The van der Waals surface area contributed by atoms with E-state index in [4.69, 9.17) is 5.73 Å². The zero-order valence-corrected chi connectivity index (χ0v) is 11.6. The molecular weight excluding hydrogens is 220 g/mol. The summed E-state index contributed by atoms with van der Waals surface area (Å²) in [6, 6.07) is 9.11. The van der Waals surface area contributed by atoms with Gasteiger partial charge in [-0.1, -0.05) is 38.3 Å². The van der Waals surface area contributed by atoms with Crippen molar-refractivity contribution < 1.29 is 0 Å². The van der Waals surface area contributed by atoms with E-state index in [1.165, 1.54) is 56.4 Å². The molecule has 2 nitrogen and oxygen atoms in total. The van der Waals surface area contributed by atoms with Gasteiger partial charge in [-0.25, -0.2) is 0 Å². The normalized spacial score (nSPS) is 17.1. The first-order chi connectivity index (χ1) is 8.81. The van der Waals surface area contributed by atoms with Crippen LogP contribution in [0.25, 0.3) is 0 Å². The average molecular weight is 246 g/mol.